The van der Waals surface area contributed by atoms with E-state index in [-0.39, 0.29) is 13.0 Å². The highest BCUT2D eigenvalue weighted by Gasteiger charge is 2.42. The summed E-state index contributed by atoms with van der Waals surface area (Å²) in [6, 6.07) is 19.4. The number of aromatic nitrogens is 1. The van der Waals surface area contributed by atoms with Crippen LogP contribution in [0.15, 0.2) is 66.9 Å². The number of hydrogen-bond acceptors (Lipinski definition) is 6. The summed E-state index contributed by atoms with van der Waals surface area (Å²) in [4.78, 5) is 45.4. The highest BCUT2D eigenvalue weighted by atomic mass is 16.6. The monoisotopic (exact) mass is 527 g/mol. The third-order valence-corrected chi connectivity index (χ3v) is 6.47. The van der Waals surface area contributed by atoms with E-state index >= 15 is 0 Å². The van der Waals surface area contributed by atoms with E-state index in [1.165, 1.54) is 4.90 Å². The molecule has 202 valence electrons. The van der Waals surface area contributed by atoms with E-state index in [1.807, 2.05) is 60.7 Å². The molecule has 1 aromatic heterocycles. The van der Waals surface area contributed by atoms with Gasteiger partial charge in [-0.25, -0.2) is 4.79 Å². The van der Waals surface area contributed by atoms with Crippen LogP contribution < -0.4 is 10.6 Å². The van der Waals surface area contributed by atoms with Crippen molar-refractivity contribution >= 4 is 34.5 Å². The number of carbonyl (C=O) groups is 3. The summed E-state index contributed by atoms with van der Waals surface area (Å²) in [5, 5.41) is 16.1. The Morgan fingerprint density at radius 1 is 1.13 bits per heavy atom. The number of anilines is 1. The molecule has 1 unspecified atom stereocenters. The zero-order chi connectivity index (χ0) is 28.0. The first kappa shape index (κ1) is 27.6. The van der Waals surface area contributed by atoms with Gasteiger partial charge in [-0.2, -0.15) is 5.26 Å². The van der Waals surface area contributed by atoms with Gasteiger partial charge in [0.1, 0.15) is 17.7 Å². The maximum Gasteiger partial charge on any atom is 0.411 e. The fourth-order valence-corrected chi connectivity index (χ4v) is 4.56. The minimum absolute atomic E-state index is 0.0904. The van der Waals surface area contributed by atoms with E-state index in [9.17, 15) is 19.6 Å². The molecule has 2 N–H and O–H groups in total. The Hall–Kier alpha value is -4.45. The van der Waals surface area contributed by atoms with Crippen molar-refractivity contribution < 1.29 is 19.1 Å². The number of nitrogens with one attached hydrogen (secondary N) is 2. The van der Waals surface area contributed by atoms with Gasteiger partial charge in [0.05, 0.1) is 29.4 Å². The third kappa shape index (κ3) is 7.32. The molecule has 2 aromatic carbocycles. The van der Waals surface area contributed by atoms with Crippen LogP contribution in [-0.4, -0.2) is 52.0 Å². The second-order valence-corrected chi connectivity index (χ2v) is 10.7. The summed E-state index contributed by atoms with van der Waals surface area (Å²) in [6.45, 7) is 5.31. The van der Waals surface area contributed by atoms with Crippen molar-refractivity contribution in [3.8, 4) is 6.07 Å². The first-order valence-corrected chi connectivity index (χ1v) is 13.0. The largest absolute Gasteiger partial charge is 0.444 e. The second-order valence-electron chi connectivity index (χ2n) is 10.7. The Morgan fingerprint density at radius 2 is 1.85 bits per heavy atom. The third-order valence-electron chi connectivity index (χ3n) is 6.47. The molecule has 0 bridgehead atoms. The molecule has 0 saturated carbocycles. The first-order valence-electron chi connectivity index (χ1n) is 13.0. The van der Waals surface area contributed by atoms with Crippen LogP contribution in [0.4, 0.5) is 10.5 Å². The van der Waals surface area contributed by atoms with Crippen LogP contribution in [0.25, 0.3) is 10.9 Å². The number of benzene rings is 2. The number of para-hydroxylation sites is 1. The molecular formula is C30H33N5O4. The molecular weight excluding hydrogens is 494 g/mol. The number of aryl methyl sites for hydroxylation is 1. The molecule has 9 nitrogen and oxygen atoms in total. The predicted molar refractivity (Wildman–Crippen MR) is 148 cm³/mol. The Kier molecular flexibility index (Phi) is 8.45. The lowest BCUT2D eigenvalue weighted by Gasteiger charge is -2.29. The molecule has 1 fully saturated rings. The molecule has 3 amide bonds. The molecule has 39 heavy (non-hydrogen) atoms. The van der Waals surface area contributed by atoms with Crippen LogP contribution in [0.3, 0.4) is 0 Å². The number of nitriles is 1. The van der Waals surface area contributed by atoms with Gasteiger partial charge in [0.15, 0.2) is 0 Å². The molecule has 1 aliphatic heterocycles. The van der Waals surface area contributed by atoms with Crippen LogP contribution in [0.1, 0.15) is 39.2 Å². The fraction of sp³-hybridized carbons (Fsp3) is 0.367. The Morgan fingerprint density at radius 3 is 2.56 bits per heavy atom. The van der Waals surface area contributed by atoms with Crippen molar-refractivity contribution in [3.63, 3.8) is 0 Å². The molecule has 4 rings (SSSR count). The number of hydrogen-bond donors (Lipinski definition) is 2. The molecule has 9 heteroatoms. The normalized spacial score (nSPS) is 17.7. The first-order chi connectivity index (χ1) is 18.6. The van der Waals surface area contributed by atoms with Gasteiger partial charge in [0.2, 0.25) is 11.8 Å². The Balaban J connectivity index is 1.52. The highest BCUT2D eigenvalue weighted by molar-refractivity contribution is 5.99. The fourth-order valence-electron chi connectivity index (χ4n) is 4.56. The van der Waals surface area contributed by atoms with E-state index < -0.39 is 41.5 Å². The maximum atomic E-state index is 13.5. The summed E-state index contributed by atoms with van der Waals surface area (Å²) in [5.74, 6) is -1.40. The second kappa shape index (κ2) is 11.9. The number of carbonyl (C=O) groups excluding carboxylic acids is 3. The number of fused-ring (bicyclic) bond motifs is 1. The number of nitrogens with zero attached hydrogens (tertiary/aromatic N) is 3. The van der Waals surface area contributed by atoms with E-state index in [1.54, 1.807) is 27.0 Å². The van der Waals surface area contributed by atoms with Crippen molar-refractivity contribution in [2.45, 2.75) is 57.7 Å². The minimum atomic E-state index is -0.918. The molecule has 2 heterocycles. The van der Waals surface area contributed by atoms with Crippen LogP contribution in [-0.2, 0) is 20.7 Å². The van der Waals surface area contributed by atoms with Crippen LogP contribution >= 0.6 is 0 Å². The molecule has 3 aromatic rings. The smallest absolute Gasteiger partial charge is 0.411 e. The molecule has 1 aliphatic rings. The SMILES string of the molecule is CC(C)(C)OC(=O)N1C[C@@H](C#N)CC1C(=O)N[C@@H](CCc1ccccc1)C(=O)Nc1cnc2ccccc2c1. The van der Waals surface area contributed by atoms with Crippen LogP contribution in [0, 0.1) is 17.2 Å². The average Bonchev–Trinajstić information content (AvgIpc) is 3.36. The van der Waals surface area contributed by atoms with Gasteiger partial charge in [0.25, 0.3) is 0 Å². The van der Waals surface area contributed by atoms with E-state index in [0.717, 1.165) is 16.5 Å². The molecule has 0 aliphatic carbocycles. The predicted octanol–water partition coefficient (Wildman–Crippen LogP) is 4.44. The highest BCUT2D eigenvalue weighted by Crippen LogP contribution is 2.26. The van der Waals surface area contributed by atoms with Crippen molar-refractivity contribution in [1.29, 1.82) is 5.26 Å². The van der Waals surface area contributed by atoms with E-state index in [2.05, 4.69) is 21.7 Å². The van der Waals surface area contributed by atoms with Crippen molar-refractivity contribution in [1.82, 2.24) is 15.2 Å². The van der Waals surface area contributed by atoms with Crippen LogP contribution in [0.5, 0.6) is 0 Å². The van der Waals surface area contributed by atoms with E-state index in [0.29, 0.717) is 18.5 Å². The van der Waals surface area contributed by atoms with Crippen molar-refractivity contribution in [2.75, 3.05) is 11.9 Å². The standard InChI is InChI=1S/C30H33N5O4/c1-30(2,3)39-29(38)35-19-21(17-31)15-26(35)28(37)34-25(14-13-20-9-5-4-6-10-20)27(36)33-23-16-22-11-7-8-12-24(22)32-18-23/h4-12,16,18,21,25-26H,13-15,19H2,1-3H3,(H,33,36)(H,34,37)/t21-,25+,26?/m1/s1. The lowest BCUT2D eigenvalue weighted by molar-refractivity contribution is -0.129. The minimum Gasteiger partial charge on any atom is -0.444 e. The molecule has 0 spiro atoms. The zero-order valence-corrected chi connectivity index (χ0v) is 22.4. The summed E-state index contributed by atoms with van der Waals surface area (Å²) in [5.41, 5.74) is 1.59. The van der Waals surface area contributed by atoms with Gasteiger partial charge in [-0.05, 0) is 57.7 Å². The average molecular weight is 528 g/mol. The van der Waals surface area contributed by atoms with Gasteiger partial charge in [-0.3, -0.25) is 19.5 Å². The summed E-state index contributed by atoms with van der Waals surface area (Å²) >= 11 is 0. The summed E-state index contributed by atoms with van der Waals surface area (Å²) in [6.07, 6.45) is 1.98. The molecule has 1 saturated heterocycles. The van der Waals surface area contributed by atoms with Gasteiger partial charge in [0, 0.05) is 11.9 Å². The maximum absolute atomic E-state index is 13.5. The number of amides is 3. The quantitative estimate of drug-likeness (QED) is 0.468. The van der Waals surface area contributed by atoms with Crippen LogP contribution in [0.2, 0.25) is 0 Å². The van der Waals surface area contributed by atoms with Crippen molar-refractivity contribution in [3.05, 3.63) is 72.4 Å². The Labute approximate surface area is 228 Å². The molecule has 0 radical (unpaired) electrons. The number of ether oxygens (including phenoxy) is 1. The van der Waals surface area contributed by atoms with Gasteiger partial charge >= 0.3 is 6.09 Å². The number of likely N-dealkylation sites (tertiary alicyclic amines) is 1. The number of rotatable bonds is 7. The van der Waals surface area contributed by atoms with Crippen molar-refractivity contribution in [2.24, 2.45) is 5.92 Å². The summed E-state index contributed by atoms with van der Waals surface area (Å²) < 4.78 is 5.48. The van der Waals surface area contributed by atoms with Gasteiger partial charge < -0.3 is 15.4 Å². The summed E-state index contributed by atoms with van der Waals surface area (Å²) in [7, 11) is 0. The van der Waals surface area contributed by atoms with Gasteiger partial charge in [-0.1, -0.05) is 48.5 Å². The van der Waals surface area contributed by atoms with E-state index in [4.69, 9.17) is 4.74 Å². The molecule has 3 atom stereocenters. The number of pyridine rings is 1. The van der Waals surface area contributed by atoms with Gasteiger partial charge in [-0.15, -0.1) is 0 Å². The zero-order valence-electron chi connectivity index (χ0n) is 22.4. The topological polar surface area (TPSA) is 124 Å². The lowest BCUT2D eigenvalue weighted by atomic mass is 10.0. The Bertz CT molecular complexity index is 1380. The lowest BCUT2D eigenvalue weighted by Crippen LogP contribution is -2.52.